The van der Waals surface area contributed by atoms with Crippen molar-refractivity contribution >= 4 is 11.0 Å². The van der Waals surface area contributed by atoms with E-state index in [-0.39, 0.29) is 6.10 Å². The van der Waals surface area contributed by atoms with Crippen LogP contribution in [0.25, 0.3) is 11.0 Å². The number of para-hydroxylation sites is 1. The first-order valence-electron chi connectivity index (χ1n) is 5.78. The summed E-state index contributed by atoms with van der Waals surface area (Å²) < 4.78 is 7.69. The number of nitriles is 1. The highest BCUT2D eigenvalue weighted by Crippen LogP contribution is 2.30. The number of aryl methyl sites for hydroxylation is 1. The van der Waals surface area contributed by atoms with Crippen molar-refractivity contribution in [2.24, 2.45) is 7.05 Å². The Bertz CT molecular complexity index is 603. The Morgan fingerprint density at radius 1 is 1.53 bits per heavy atom. The van der Waals surface area contributed by atoms with Gasteiger partial charge in [-0.3, -0.25) is 0 Å². The summed E-state index contributed by atoms with van der Waals surface area (Å²) in [5.41, 5.74) is 2.40. The molecule has 0 radical (unpaired) electrons. The lowest BCUT2D eigenvalue weighted by atomic mass is 10.2. The van der Waals surface area contributed by atoms with Gasteiger partial charge in [-0.25, -0.2) is 4.98 Å². The predicted octanol–water partition coefficient (Wildman–Crippen LogP) is 2.30. The minimum atomic E-state index is 0.0824. The van der Waals surface area contributed by atoms with Gasteiger partial charge in [0, 0.05) is 13.7 Å². The Morgan fingerprint density at radius 3 is 3.12 bits per heavy atom. The van der Waals surface area contributed by atoms with Gasteiger partial charge >= 0.3 is 0 Å². The molecule has 3 rings (SSSR count). The fourth-order valence-corrected chi connectivity index (χ4v) is 2.39. The van der Waals surface area contributed by atoms with Gasteiger partial charge in [-0.1, -0.05) is 6.07 Å². The molecule has 0 aliphatic carbocycles. The number of hydrogen-bond donors (Lipinski definition) is 0. The van der Waals surface area contributed by atoms with Gasteiger partial charge in [0.25, 0.3) is 0 Å². The maximum absolute atomic E-state index is 9.07. The maximum atomic E-state index is 9.07. The molecule has 4 nitrogen and oxygen atoms in total. The molecule has 0 amide bonds. The highest BCUT2D eigenvalue weighted by atomic mass is 16.5. The number of nitrogens with zero attached hydrogens (tertiary/aromatic N) is 3. The molecule has 1 aromatic carbocycles. The van der Waals surface area contributed by atoms with Gasteiger partial charge in [-0.05, 0) is 25.0 Å². The summed E-state index contributed by atoms with van der Waals surface area (Å²) in [4.78, 5) is 4.58. The van der Waals surface area contributed by atoms with Crippen LogP contribution in [0.5, 0.6) is 0 Å². The Balaban J connectivity index is 2.21. The number of imidazole rings is 1. The molecular weight excluding hydrogens is 214 g/mol. The van der Waals surface area contributed by atoms with E-state index >= 15 is 0 Å². The molecule has 4 heteroatoms. The summed E-state index contributed by atoms with van der Waals surface area (Å²) in [6.07, 6.45) is 2.18. The fraction of sp³-hybridized carbons (Fsp3) is 0.385. The second-order valence-corrected chi connectivity index (χ2v) is 4.32. The van der Waals surface area contributed by atoms with Crippen molar-refractivity contribution in [2.45, 2.75) is 18.9 Å². The zero-order chi connectivity index (χ0) is 11.8. The Kier molecular flexibility index (Phi) is 2.34. The van der Waals surface area contributed by atoms with Gasteiger partial charge in [0.1, 0.15) is 23.5 Å². The fourth-order valence-electron chi connectivity index (χ4n) is 2.39. The predicted molar refractivity (Wildman–Crippen MR) is 63.4 cm³/mol. The average molecular weight is 227 g/mol. The lowest BCUT2D eigenvalue weighted by Crippen LogP contribution is -2.04. The summed E-state index contributed by atoms with van der Waals surface area (Å²) >= 11 is 0. The van der Waals surface area contributed by atoms with Crippen LogP contribution >= 0.6 is 0 Å². The number of hydrogen-bond acceptors (Lipinski definition) is 3. The highest BCUT2D eigenvalue weighted by molar-refractivity contribution is 5.82. The third-order valence-corrected chi connectivity index (χ3v) is 3.28. The van der Waals surface area contributed by atoms with Crippen LogP contribution in [0.4, 0.5) is 0 Å². The Morgan fingerprint density at radius 2 is 2.41 bits per heavy atom. The van der Waals surface area contributed by atoms with Crippen LogP contribution in [0, 0.1) is 11.3 Å². The molecule has 0 bridgehead atoms. The quantitative estimate of drug-likeness (QED) is 0.751. The Hall–Kier alpha value is -1.86. The third kappa shape index (κ3) is 1.51. The van der Waals surface area contributed by atoms with Crippen molar-refractivity contribution in [2.75, 3.05) is 6.61 Å². The van der Waals surface area contributed by atoms with E-state index in [1.165, 1.54) is 0 Å². The molecule has 0 N–H and O–H groups in total. The first kappa shape index (κ1) is 10.3. The van der Waals surface area contributed by atoms with Gasteiger partial charge in [0.05, 0.1) is 11.1 Å². The van der Waals surface area contributed by atoms with Gasteiger partial charge < -0.3 is 9.30 Å². The maximum Gasteiger partial charge on any atom is 0.138 e. The number of rotatable bonds is 1. The van der Waals surface area contributed by atoms with Crippen molar-refractivity contribution in [1.29, 1.82) is 5.26 Å². The van der Waals surface area contributed by atoms with Gasteiger partial charge in [0.2, 0.25) is 0 Å². The number of aromatic nitrogens is 2. The van der Waals surface area contributed by atoms with E-state index in [1.807, 2.05) is 23.7 Å². The first-order chi connectivity index (χ1) is 8.31. The summed E-state index contributed by atoms with van der Waals surface area (Å²) in [5, 5.41) is 9.07. The summed E-state index contributed by atoms with van der Waals surface area (Å²) in [6, 6.07) is 7.86. The van der Waals surface area contributed by atoms with Crippen LogP contribution in [0.2, 0.25) is 0 Å². The van der Waals surface area contributed by atoms with Gasteiger partial charge in [-0.2, -0.15) is 5.26 Å². The summed E-state index contributed by atoms with van der Waals surface area (Å²) in [7, 11) is 1.98. The molecule has 17 heavy (non-hydrogen) atoms. The lowest BCUT2D eigenvalue weighted by Gasteiger charge is -2.08. The minimum absolute atomic E-state index is 0.0824. The molecule has 1 unspecified atom stereocenters. The second-order valence-electron chi connectivity index (χ2n) is 4.32. The standard InChI is InChI=1S/C13H13N3O/c1-16-10-5-2-4-9(8-14)12(10)15-13(16)11-6-3-7-17-11/h2,4-5,11H,3,6-7H2,1H3. The molecular formula is C13H13N3O. The van der Waals surface area contributed by atoms with Crippen LogP contribution in [-0.2, 0) is 11.8 Å². The molecule has 0 saturated carbocycles. The molecule has 86 valence electrons. The molecule has 2 aromatic rings. The van der Waals surface area contributed by atoms with Gasteiger partial charge in [-0.15, -0.1) is 0 Å². The van der Waals surface area contributed by atoms with Crippen LogP contribution in [-0.4, -0.2) is 16.2 Å². The van der Waals surface area contributed by atoms with Crippen molar-refractivity contribution in [1.82, 2.24) is 9.55 Å². The van der Waals surface area contributed by atoms with Crippen LogP contribution in [0.1, 0.15) is 30.3 Å². The van der Waals surface area contributed by atoms with E-state index in [2.05, 4.69) is 11.1 Å². The van der Waals surface area contributed by atoms with E-state index in [0.717, 1.165) is 36.3 Å². The largest absolute Gasteiger partial charge is 0.370 e. The second kappa shape index (κ2) is 3.86. The van der Waals surface area contributed by atoms with E-state index < -0.39 is 0 Å². The smallest absolute Gasteiger partial charge is 0.138 e. The zero-order valence-corrected chi connectivity index (χ0v) is 9.68. The monoisotopic (exact) mass is 227 g/mol. The van der Waals surface area contributed by atoms with Crippen molar-refractivity contribution in [3.8, 4) is 6.07 Å². The SMILES string of the molecule is Cn1c(C2CCCO2)nc2c(C#N)cccc21. The van der Waals surface area contributed by atoms with Crippen molar-refractivity contribution < 1.29 is 4.74 Å². The van der Waals surface area contributed by atoms with E-state index in [9.17, 15) is 0 Å². The molecule has 1 atom stereocenters. The third-order valence-electron chi connectivity index (χ3n) is 3.28. The molecule has 1 fully saturated rings. The van der Waals surface area contributed by atoms with E-state index in [0.29, 0.717) is 5.56 Å². The van der Waals surface area contributed by atoms with E-state index in [1.54, 1.807) is 6.07 Å². The number of fused-ring (bicyclic) bond motifs is 1. The van der Waals surface area contributed by atoms with Gasteiger partial charge in [0.15, 0.2) is 0 Å². The molecule has 0 spiro atoms. The molecule has 1 aliphatic heterocycles. The molecule has 2 heterocycles. The van der Waals surface area contributed by atoms with Crippen molar-refractivity contribution in [3.05, 3.63) is 29.6 Å². The van der Waals surface area contributed by atoms with E-state index in [4.69, 9.17) is 10.00 Å². The molecule has 1 aromatic heterocycles. The van der Waals surface area contributed by atoms with Crippen LogP contribution in [0.15, 0.2) is 18.2 Å². The molecule has 1 aliphatic rings. The minimum Gasteiger partial charge on any atom is -0.370 e. The zero-order valence-electron chi connectivity index (χ0n) is 9.68. The number of ether oxygens (including phenoxy) is 1. The van der Waals surface area contributed by atoms with Crippen molar-refractivity contribution in [3.63, 3.8) is 0 Å². The van der Waals surface area contributed by atoms with Crippen LogP contribution in [0.3, 0.4) is 0 Å². The normalized spacial score (nSPS) is 19.6. The Labute approximate surface area is 99.4 Å². The highest BCUT2D eigenvalue weighted by Gasteiger charge is 2.23. The number of benzene rings is 1. The van der Waals surface area contributed by atoms with Crippen LogP contribution < -0.4 is 0 Å². The average Bonchev–Trinajstić information content (AvgIpc) is 2.97. The lowest BCUT2D eigenvalue weighted by molar-refractivity contribution is 0.103. The summed E-state index contributed by atoms with van der Waals surface area (Å²) in [5.74, 6) is 0.931. The topological polar surface area (TPSA) is 50.8 Å². The first-order valence-corrected chi connectivity index (χ1v) is 5.78. The summed E-state index contributed by atoms with van der Waals surface area (Å²) in [6.45, 7) is 0.805. The molecule has 1 saturated heterocycles.